The summed E-state index contributed by atoms with van der Waals surface area (Å²) >= 11 is 0. The number of rotatable bonds is 3. The minimum atomic E-state index is -0.434. The van der Waals surface area contributed by atoms with Crippen LogP contribution >= 0.6 is 0 Å². The maximum Gasteiger partial charge on any atom is 0.170 e. The molecule has 0 aliphatic rings. The Morgan fingerprint density at radius 2 is 1.80 bits per heavy atom. The summed E-state index contributed by atoms with van der Waals surface area (Å²) in [5, 5.41) is 0.368. The Balaban J connectivity index is 3.36. The summed E-state index contributed by atoms with van der Waals surface area (Å²) in [6.07, 6.45) is -0.0223. The van der Waals surface area contributed by atoms with Gasteiger partial charge in [0.1, 0.15) is 6.29 Å². The number of hydrogen-bond donors (Lipinski definition) is 0. The van der Waals surface area contributed by atoms with Crippen LogP contribution in [0, 0.1) is 0 Å². The highest BCUT2D eigenvalue weighted by Crippen LogP contribution is 2.20. The molecule has 0 aromatic carbocycles. The molecule has 1 atom stereocenters. The fourth-order valence-electron chi connectivity index (χ4n) is 0.435. The van der Waals surface area contributed by atoms with E-state index in [1.165, 1.54) is 0 Å². The highest BCUT2D eigenvalue weighted by Gasteiger charge is 2.13. The van der Waals surface area contributed by atoms with Gasteiger partial charge in [-0.1, -0.05) is 20.8 Å². The molecule has 62 valence electrons. The Morgan fingerprint density at radius 3 is 2.10 bits per heavy atom. The van der Waals surface area contributed by atoms with Crippen molar-refractivity contribution in [3.05, 3.63) is 0 Å². The zero-order valence-corrected chi connectivity index (χ0v) is 9.02. The quantitative estimate of drug-likeness (QED) is 0.460. The lowest BCUT2D eigenvalue weighted by Gasteiger charge is -2.20. The summed E-state index contributed by atoms with van der Waals surface area (Å²) in [5.41, 5.74) is 0. The zero-order chi connectivity index (χ0) is 8.20. The van der Waals surface area contributed by atoms with Crippen molar-refractivity contribution >= 4 is 9.76 Å². The number of hydrogen-bond acceptors (Lipinski definition) is 2. The Bertz CT molecular complexity index is 88.1. The Kier molecular flexibility index (Phi) is 4.16. The second-order valence-corrected chi connectivity index (χ2v) is 6.42. The molecule has 0 aromatic heterocycles. The van der Waals surface area contributed by atoms with Crippen LogP contribution in [0.25, 0.3) is 0 Å². The lowest BCUT2D eigenvalue weighted by atomic mass is 10.3. The van der Waals surface area contributed by atoms with Gasteiger partial charge in [-0.25, -0.2) is 0 Å². The van der Waals surface area contributed by atoms with E-state index in [0.717, 1.165) is 0 Å². The molecule has 0 radical (unpaired) electrons. The highest BCUT2D eigenvalue weighted by atomic mass is 28.2. The molecule has 0 N–H and O–H groups in total. The molecular weight excluding hydrogens is 144 g/mol. The van der Waals surface area contributed by atoms with Gasteiger partial charge in [0.2, 0.25) is 0 Å². The number of methoxy groups -OCH3 is 1. The normalized spacial score (nSPS) is 16.5. The molecule has 0 spiro atoms. The fraction of sp³-hybridized carbons (Fsp3) is 1.00. The van der Waals surface area contributed by atoms with E-state index >= 15 is 0 Å². The molecular formula is C7H18O2Si. The third kappa shape index (κ3) is 6.26. The third-order valence-corrected chi connectivity index (χ3v) is 2.59. The second-order valence-electron chi connectivity index (χ2n) is 3.67. The predicted molar refractivity (Wildman–Crippen MR) is 45.8 cm³/mol. The van der Waals surface area contributed by atoms with Crippen LogP contribution in [0.15, 0.2) is 0 Å². The first-order chi connectivity index (χ1) is 4.45. The van der Waals surface area contributed by atoms with Gasteiger partial charge >= 0.3 is 0 Å². The van der Waals surface area contributed by atoms with E-state index in [-0.39, 0.29) is 6.29 Å². The van der Waals surface area contributed by atoms with Crippen molar-refractivity contribution in [3.8, 4) is 0 Å². The number of ether oxygens (including phenoxy) is 1. The van der Waals surface area contributed by atoms with Gasteiger partial charge in [-0.15, -0.1) is 0 Å². The molecule has 10 heavy (non-hydrogen) atoms. The van der Waals surface area contributed by atoms with E-state index in [2.05, 4.69) is 20.8 Å². The summed E-state index contributed by atoms with van der Waals surface area (Å²) in [6, 6.07) is 0. The maximum absolute atomic E-state index is 5.47. The molecule has 0 saturated carbocycles. The van der Waals surface area contributed by atoms with Gasteiger partial charge in [0.15, 0.2) is 9.76 Å². The topological polar surface area (TPSA) is 18.5 Å². The summed E-state index contributed by atoms with van der Waals surface area (Å²) < 4.78 is 10.4. The molecule has 1 unspecified atom stereocenters. The van der Waals surface area contributed by atoms with Crippen molar-refractivity contribution < 1.29 is 9.16 Å². The molecule has 3 heteroatoms. The molecule has 0 fully saturated rings. The predicted octanol–water partition coefficient (Wildman–Crippen LogP) is 1.30. The van der Waals surface area contributed by atoms with Crippen molar-refractivity contribution in [3.63, 3.8) is 0 Å². The maximum atomic E-state index is 5.47. The van der Waals surface area contributed by atoms with Crippen LogP contribution in [-0.2, 0) is 9.16 Å². The van der Waals surface area contributed by atoms with Crippen LogP contribution in [-0.4, -0.2) is 23.2 Å². The molecule has 2 nitrogen and oxygen atoms in total. The van der Waals surface area contributed by atoms with E-state index in [9.17, 15) is 0 Å². The Morgan fingerprint density at radius 1 is 1.30 bits per heavy atom. The summed E-state index contributed by atoms with van der Waals surface area (Å²) in [4.78, 5) is 0. The van der Waals surface area contributed by atoms with Crippen LogP contribution in [0.5, 0.6) is 0 Å². The van der Waals surface area contributed by atoms with Gasteiger partial charge in [-0.2, -0.15) is 0 Å². The summed E-state index contributed by atoms with van der Waals surface area (Å²) in [6.45, 7) is 8.52. The van der Waals surface area contributed by atoms with Crippen molar-refractivity contribution in [1.82, 2.24) is 0 Å². The van der Waals surface area contributed by atoms with Gasteiger partial charge < -0.3 is 9.16 Å². The molecule has 0 aromatic rings. The highest BCUT2D eigenvalue weighted by molar-refractivity contribution is 6.31. The molecule has 0 amide bonds. The van der Waals surface area contributed by atoms with Crippen molar-refractivity contribution in [2.24, 2.45) is 0 Å². The van der Waals surface area contributed by atoms with E-state index in [1.54, 1.807) is 7.11 Å². The van der Waals surface area contributed by atoms with Crippen LogP contribution in [0.2, 0.25) is 5.04 Å². The molecule has 0 aliphatic carbocycles. The average Bonchev–Trinajstić information content (AvgIpc) is 1.81. The SMILES string of the molecule is COC(C)O[SiH2]C(C)(C)C. The first-order valence-electron chi connectivity index (χ1n) is 3.60. The Hall–Kier alpha value is 0.137. The van der Waals surface area contributed by atoms with Gasteiger partial charge in [0, 0.05) is 7.11 Å². The van der Waals surface area contributed by atoms with Crippen molar-refractivity contribution in [2.45, 2.75) is 39.0 Å². The van der Waals surface area contributed by atoms with Crippen LogP contribution in [0.3, 0.4) is 0 Å². The lowest BCUT2D eigenvalue weighted by Crippen LogP contribution is -2.20. The Labute approximate surface area is 65.9 Å². The van der Waals surface area contributed by atoms with Crippen LogP contribution < -0.4 is 0 Å². The van der Waals surface area contributed by atoms with E-state index in [0.29, 0.717) is 5.04 Å². The van der Waals surface area contributed by atoms with Crippen LogP contribution in [0.4, 0.5) is 0 Å². The first kappa shape index (κ1) is 10.1. The molecule has 0 saturated heterocycles. The van der Waals surface area contributed by atoms with Crippen molar-refractivity contribution in [1.29, 1.82) is 0 Å². The van der Waals surface area contributed by atoms with Gasteiger partial charge in [0.25, 0.3) is 0 Å². The van der Waals surface area contributed by atoms with E-state index in [1.807, 2.05) is 6.92 Å². The summed E-state index contributed by atoms with van der Waals surface area (Å²) in [7, 11) is 1.23. The molecule has 0 heterocycles. The van der Waals surface area contributed by atoms with Crippen LogP contribution in [0.1, 0.15) is 27.7 Å². The average molecular weight is 162 g/mol. The standard InChI is InChI=1S/C7H18O2Si/c1-6(8-5)9-10-7(2,3)4/h6H,10H2,1-5H3. The van der Waals surface area contributed by atoms with Gasteiger partial charge in [-0.3, -0.25) is 0 Å². The van der Waals surface area contributed by atoms with E-state index in [4.69, 9.17) is 9.16 Å². The third-order valence-electron chi connectivity index (χ3n) is 1.08. The largest absolute Gasteiger partial charge is 0.399 e. The second kappa shape index (κ2) is 4.11. The molecule has 0 bridgehead atoms. The van der Waals surface area contributed by atoms with Gasteiger partial charge in [-0.05, 0) is 12.0 Å². The van der Waals surface area contributed by atoms with E-state index < -0.39 is 9.76 Å². The minimum Gasteiger partial charge on any atom is -0.399 e. The molecule has 0 rings (SSSR count). The van der Waals surface area contributed by atoms with Gasteiger partial charge in [0.05, 0.1) is 0 Å². The first-order valence-corrected chi connectivity index (χ1v) is 4.88. The monoisotopic (exact) mass is 162 g/mol. The smallest absolute Gasteiger partial charge is 0.170 e. The summed E-state index contributed by atoms with van der Waals surface area (Å²) in [5.74, 6) is 0. The minimum absolute atomic E-state index is 0.0223. The lowest BCUT2D eigenvalue weighted by molar-refractivity contribution is -0.0391. The van der Waals surface area contributed by atoms with Crippen molar-refractivity contribution in [2.75, 3.05) is 7.11 Å². The zero-order valence-electron chi connectivity index (χ0n) is 7.60. The fourth-order valence-corrected chi connectivity index (χ4v) is 1.31. The molecule has 0 aliphatic heterocycles.